The Morgan fingerprint density at radius 2 is 1.94 bits per heavy atom. The summed E-state index contributed by atoms with van der Waals surface area (Å²) in [6.45, 7) is 4.19. The zero-order valence-electron chi connectivity index (χ0n) is 11.3. The summed E-state index contributed by atoms with van der Waals surface area (Å²) in [5.74, 6) is 0.982. The average molecular weight is 237 g/mol. The molecule has 1 saturated heterocycles. The van der Waals surface area contributed by atoms with Crippen molar-refractivity contribution in [2.75, 3.05) is 13.1 Å². The normalized spacial score (nSPS) is 31.4. The first-order valence-electron chi connectivity index (χ1n) is 7.53. The Hall–Kier alpha value is -0.370. The fraction of sp³-hybridized carbons (Fsp3) is 0.933. The third-order valence-electron chi connectivity index (χ3n) is 4.72. The summed E-state index contributed by atoms with van der Waals surface area (Å²) in [6, 6.07) is 0. The fourth-order valence-electron chi connectivity index (χ4n) is 3.74. The van der Waals surface area contributed by atoms with Gasteiger partial charge < -0.3 is 5.32 Å². The van der Waals surface area contributed by atoms with Gasteiger partial charge in [-0.3, -0.25) is 4.79 Å². The molecule has 2 rings (SSSR count). The van der Waals surface area contributed by atoms with Crippen molar-refractivity contribution in [2.45, 2.75) is 64.7 Å². The first kappa shape index (κ1) is 13.1. The molecular formula is C15H27NO. The molecule has 1 aliphatic carbocycles. The number of nitrogens with one attached hydrogen (secondary N) is 1. The van der Waals surface area contributed by atoms with Gasteiger partial charge in [0.25, 0.3) is 0 Å². The molecule has 0 aromatic carbocycles. The molecule has 0 amide bonds. The van der Waals surface area contributed by atoms with Gasteiger partial charge >= 0.3 is 0 Å². The van der Waals surface area contributed by atoms with Gasteiger partial charge in [-0.25, -0.2) is 0 Å². The highest BCUT2D eigenvalue weighted by Crippen LogP contribution is 2.38. The van der Waals surface area contributed by atoms with Crippen molar-refractivity contribution < 1.29 is 4.79 Å². The number of ketones is 1. The minimum Gasteiger partial charge on any atom is -0.316 e. The third-order valence-corrected chi connectivity index (χ3v) is 4.72. The highest BCUT2D eigenvalue weighted by Gasteiger charge is 2.42. The highest BCUT2D eigenvalue weighted by molar-refractivity contribution is 5.87. The fourth-order valence-corrected chi connectivity index (χ4v) is 3.74. The van der Waals surface area contributed by atoms with Crippen LogP contribution in [0.5, 0.6) is 0 Å². The molecule has 0 spiro atoms. The molecule has 2 aliphatic rings. The Morgan fingerprint density at radius 3 is 2.47 bits per heavy atom. The van der Waals surface area contributed by atoms with Crippen LogP contribution in [0.2, 0.25) is 0 Å². The topological polar surface area (TPSA) is 29.1 Å². The Kier molecular flexibility index (Phi) is 4.61. The van der Waals surface area contributed by atoms with Gasteiger partial charge in [-0.15, -0.1) is 0 Å². The van der Waals surface area contributed by atoms with Crippen LogP contribution in [0, 0.1) is 11.3 Å². The van der Waals surface area contributed by atoms with Gasteiger partial charge in [0.1, 0.15) is 5.78 Å². The number of carbonyl (C=O) groups is 1. The maximum Gasteiger partial charge on any atom is 0.143 e. The number of hydrogen-bond donors (Lipinski definition) is 1. The monoisotopic (exact) mass is 237 g/mol. The molecule has 1 N–H and O–H groups in total. The molecule has 1 saturated carbocycles. The molecule has 2 nitrogen and oxygen atoms in total. The van der Waals surface area contributed by atoms with Crippen molar-refractivity contribution in [3.8, 4) is 0 Å². The SMILES string of the molecule is CCCC1(C(=O)C2CCCCCC2)CCNC1. The van der Waals surface area contributed by atoms with Crippen LogP contribution in [0.15, 0.2) is 0 Å². The molecule has 1 unspecified atom stereocenters. The lowest BCUT2D eigenvalue weighted by Gasteiger charge is -2.30. The first-order chi connectivity index (χ1) is 8.28. The van der Waals surface area contributed by atoms with Crippen molar-refractivity contribution in [2.24, 2.45) is 11.3 Å². The zero-order valence-corrected chi connectivity index (χ0v) is 11.3. The van der Waals surface area contributed by atoms with Crippen LogP contribution in [0.3, 0.4) is 0 Å². The lowest BCUT2D eigenvalue weighted by atomic mass is 9.72. The molecular weight excluding hydrogens is 210 g/mol. The van der Waals surface area contributed by atoms with Crippen LogP contribution in [-0.4, -0.2) is 18.9 Å². The number of hydrogen-bond acceptors (Lipinski definition) is 2. The summed E-state index contributed by atoms with van der Waals surface area (Å²) in [4.78, 5) is 12.8. The number of rotatable bonds is 4. The summed E-state index contributed by atoms with van der Waals surface area (Å²) in [5.41, 5.74) is 0.00373. The van der Waals surface area contributed by atoms with Crippen LogP contribution >= 0.6 is 0 Å². The van der Waals surface area contributed by atoms with Crippen LogP contribution < -0.4 is 5.32 Å². The van der Waals surface area contributed by atoms with E-state index in [4.69, 9.17) is 0 Å². The molecule has 1 atom stereocenters. The summed E-state index contributed by atoms with van der Waals surface area (Å²) in [6.07, 6.45) is 10.8. The van der Waals surface area contributed by atoms with Crippen molar-refractivity contribution in [1.29, 1.82) is 0 Å². The summed E-state index contributed by atoms with van der Waals surface area (Å²) >= 11 is 0. The van der Waals surface area contributed by atoms with Gasteiger partial charge in [-0.1, -0.05) is 39.0 Å². The molecule has 0 aromatic rings. The van der Waals surface area contributed by atoms with Gasteiger partial charge in [0.15, 0.2) is 0 Å². The molecule has 0 aromatic heterocycles. The van der Waals surface area contributed by atoms with E-state index in [9.17, 15) is 4.79 Å². The predicted octanol–water partition coefficient (Wildman–Crippen LogP) is 3.31. The highest BCUT2D eigenvalue weighted by atomic mass is 16.1. The van der Waals surface area contributed by atoms with Crippen molar-refractivity contribution >= 4 is 5.78 Å². The van der Waals surface area contributed by atoms with E-state index in [-0.39, 0.29) is 5.41 Å². The second-order valence-corrected chi connectivity index (χ2v) is 6.01. The molecule has 1 aliphatic heterocycles. The van der Waals surface area contributed by atoms with E-state index in [1.807, 2.05) is 0 Å². The number of Topliss-reactive ketones (excluding diaryl/α,β-unsaturated/α-hetero) is 1. The second kappa shape index (κ2) is 5.99. The lowest BCUT2D eigenvalue weighted by molar-refractivity contribution is -0.132. The van der Waals surface area contributed by atoms with Crippen molar-refractivity contribution in [3.63, 3.8) is 0 Å². The second-order valence-electron chi connectivity index (χ2n) is 6.01. The van der Waals surface area contributed by atoms with E-state index in [0.717, 1.165) is 45.2 Å². The van der Waals surface area contributed by atoms with Crippen molar-refractivity contribution in [1.82, 2.24) is 5.32 Å². The Balaban J connectivity index is 2.04. The van der Waals surface area contributed by atoms with E-state index in [0.29, 0.717) is 11.7 Å². The van der Waals surface area contributed by atoms with E-state index >= 15 is 0 Å². The maximum absolute atomic E-state index is 12.8. The molecule has 1 heterocycles. The first-order valence-corrected chi connectivity index (χ1v) is 7.53. The van der Waals surface area contributed by atoms with Gasteiger partial charge in [-0.2, -0.15) is 0 Å². The maximum atomic E-state index is 12.8. The van der Waals surface area contributed by atoms with Crippen molar-refractivity contribution in [3.05, 3.63) is 0 Å². The van der Waals surface area contributed by atoms with Crippen LogP contribution in [0.1, 0.15) is 64.7 Å². The Labute approximate surface area is 106 Å². The minimum absolute atomic E-state index is 0.00373. The summed E-state index contributed by atoms with van der Waals surface area (Å²) in [5, 5.41) is 3.41. The van der Waals surface area contributed by atoms with E-state index in [2.05, 4.69) is 12.2 Å². The Morgan fingerprint density at radius 1 is 1.24 bits per heavy atom. The van der Waals surface area contributed by atoms with Gasteiger partial charge in [0.2, 0.25) is 0 Å². The molecule has 17 heavy (non-hydrogen) atoms. The largest absolute Gasteiger partial charge is 0.316 e. The van der Waals surface area contributed by atoms with Crippen LogP contribution in [-0.2, 0) is 4.79 Å². The summed E-state index contributed by atoms with van der Waals surface area (Å²) < 4.78 is 0. The van der Waals surface area contributed by atoms with E-state index in [1.54, 1.807) is 0 Å². The molecule has 98 valence electrons. The average Bonchev–Trinajstić information content (AvgIpc) is 2.65. The third kappa shape index (κ3) is 2.90. The Bertz CT molecular complexity index is 248. The molecule has 0 radical (unpaired) electrons. The predicted molar refractivity (Wildman–Crippen MR) is 71.0 cm³/mol. The molecule has 2 fully saturated rings. The zero-order chi connectivity index (χ0) is 12.1. The minimum atomic E-state index is 0.00373. The van der Waals surface area contributed by atoms with Crippen LogP contribution in [0.25, 0.3) is 0 Å². The quantitative estimate of drug-likeness (QED) is 0.760. The van der Waals surface area contributed by atoms with Gasteiger partial charge in [0.05, 0.1) is 0 Å². The van der Waals surface area contributed by atoms with Gasteiger partial charge in [-0.05, 0) is 32.2 Å². The molecule has 0 bridgehead atoms. The lowest BCUT2D eigenvalue weighted by Crippen LogP contribution is -2.38. The number of carbonyl (C=O) groups excluding carboxylic acids is 1. The van der Waals surface area contributed by atoms with Gasteiger partial charge in [0, 0.05) is 17.9 Å². The summed E-state index contributed by atoms with van der Waals surface area (Å²) in [7, 11) is 0. The van der Waals surface area contributed by atoms with E-state index < -0.39 is 0 Å². The molecule has 2 heteroatoms. The standard InChI is InChI=1S/C15H27NO/c1-2-9-15(10-11-16-12-15)14(17)13-7-5-3-4-6-8-13/h13,16H,2-12H2,1H3. The smallest absolute Gasteiger partial charge is 0.143 e. The van der Waals surface area contributed by atoms with Crippen LogP contribution in [0.4, 0.5) is 0 Å². The van der Waals surface area contributed by atoms with E-state index in [1.165, 1.54) is 25.7 Å².